The van der Waals surface area contributed by atoms with Gasteiger partial charge in [0, 0.05) is 6.54 Å². The first-order valence-corrected chi connectivity index (χ1v) is 4.64. The van der Waals surface area contributed by atoms with Gasteiger partial charge in [-0.3, -0.25) is 4.90 Å². The molecular weight excluding hydrogens is 191 g/mol. The predicted octanol–water partition coefficient (Wildman–Crippen LogP) is -0.678. The topological polar surface area (TPSA) is 67.5 Å². The molecule has 0 aliphatic carbocycles. The van der Waals surface area contributed by atoms with Gasteiger partial charge in [0.1, 0.15) is 0 Å². The molecule has 1 aromatic rings. The lowest BCUT2D eigenvalue weighted by atomic mass is 9.80. The zero-order valence-electron chi connectivity index (χ0n) is 8.59. The SMILES string of the molecule is CN(CC#N)Cc1ccc(B(O)O)cc1. The number of nitriles is 1. The molecule has 0 bridgehead atoms. The molecule has 0 fully saturated rings. The molecule has 0 saturated carbocycles. The van der Waals surface area contributed by atoms with E-state index in [1.54, 1.807) is 12.1 Å². The molecular formula is C10H13BN2O2. The Morgan fingerprint density at radius 1 is 1.33 bits per heavy atom. The molecule has 1 rings (SSSR count). The summed E-state index contributed by atoms with van der Waals surface area (Å²) < 4.78 is 0. The van der Waals surface area contributed by atoms with Crippen LogP contribution in [-0.2, 0) is 6.54 Å². The number of benzene rings is 1. The van der Waals surface area contributed by atoms with Crippen LogP contribution in [0.2, 0.25) is 0 Å². The van der Waals surface area contributed by atoms with E-state index >= 15 is 0 Å². The highest BCUT2D eigenvalue weighted by Gasteiger charge is 2.09. The molecule has 1 aromatic carbocycles. The molecule has 0 spiro atoms. The van der Waals surface area contributed by atoms with Crippen molar-refractivity contribution in [3.05, 3.63) is 29.8 Å². The molecule has 0 amide bonds. The van der Waals surface area contributed by atoms with Crippen molar-refractivity contribution in [2.75, 3.05) is 13.6 Å². The Hall–Kier alpha value is -1.35. The summed E-state index contributed by atoms with van der Waals surface area (Å²) in [7, 11) is 0.439. The van der Waals surface area contributed by atoms with Crippen LogP contribution in [0.4, 0.5) is 0 Å². The third kappa shape index (κ3) is 3.72. The van der Waals surface area contributed by atoms with Gasteiger partial charge in [-0.2, -0.15) is 5.26 Å². The van der Waals surface area contributed by atoms with Gasteiger partial charge in [0.2, 0.25) is 0 Å². The van der Waals surface area contributed by atoms with Crippen LogP contribution in [0.3, 0.4) is 0 Å². The van der Waals surface area contributed by atoms with E-state index in [2.05, 4.69) is 6.07 Å². The molecule has 0 atom stereocenters. The monoisotopic (exact) mass is 204 g/mol. The first-order chi connectivity index (χ1) is 7.13. The quantitative estimate of drug-likeness (QED) is 0.503. The average Bonchev–Trinajstić information content (AvgIpc) is 2.18. The number of hydrogen-bond acceptors (Lipinski definition) is 4. The Labute approximate surface area is 89.5 Å². The maximum atomic E-state index is 8.88. The smallest absolute Gasteiger partial charge is 0.423 e. The second kappa shape index (κ2) is 5.52. The first kappa shape index (κ1) is 11.7. The van der Waals surface area contributed by atoms with E-state index < -0.39 is 7.12 Å². The summed E-state index contributed by atoms with van der Waals surface area (Å²) in [5.41, 5.74) is 1.51. The van der Waals surface area contributed by atoms with Gasteiger partial charge < -0.3 is 10.0 Å². The van der Waals surface area contributed by atoms with Gasteiger partial charge in [0.15, 0.2) is 0 Å². The van der Waals surface area contributed by atoms with Gasteiger partial charge >= 0.3 is 7.12 Å². The van der Waals surface area contributed by atoms with Crippen LogP contribution in [0.25, 0.3) is 0 Å². The Kier molecular flexibility index (Phi) is 4.31. The highest BCUT2D eigenvalue weighted by Crippen LogP contribution is 2.01. The van der Waals surface area contributed by atoms with E-state index in [1.807, 2.05) is 24.1 Å². The minimum absolute atomic E-state index is 0.379. The van der Waals surface area contributed by atoms with Crippen molar-refractivity contribution in [1.82, 2.24) is 4.90 Å². The molecule has 0 aromatic heterocycles. The molecule has 0 radical (unpaired) electrons. The zero-order chi connectivity index (χ0) is 11.3. The van der Waals surface area contributed by atoms with E-state index in [-0.39, 0.29) is 0 Å². The highest BCUT2D eigenvalue weighted by molar-refractivity contribution is 6.58. The van der Waals surface area contributed by atoms with E-state index in [1.165, 1.54) is 0 Å². The van der Waals surface area contributed by atoms with E-state index in [9.17, 15) is 0 Å². The summed E-state index contributed by atoms with van der Waals surface area (Å²) in [6, 6.07) is 9.04. The lowest BCUT2D eigenvalue weighted by molar-refractivity contribution is 0.367. The van der Waals surface area contributed by atoms with Crippen molar-refractivity contribution >= 4 is 12.6 Å². The average molecular weight is 204 g/mol. The van der Waals surface area contributed by atoms with Crippen molar-refractivity contribution in [2.45, 2.75) is 6.54 Å². The molecule has 0 aliphatic heterocycles. The van der Waals surface area contributed by atoms with Crippen molar-refractivity contribution in [3.63, 3.8) is 0 Å². The highest BCUT2D eigenvalue weighted by atomic mass is 16.4. The lowest BCUT2D eigenvalue weighted by Crippen LogP contribution is -2.29. The van der Waals surface area contributed by atoms with Crippen LogP contribution in [0.5, 0.6) is 0 Å². The third-order valence-corrected chi connectivity index (χ3v) is 2.07. The van der Waals surface area contributed by atoms with Gasteiger partial charge in [0.25, 0.3) is 0 Å². The molecule has 78 valence electrons. The molecule has 0 heterocycles. The first-order valence-electron chi connectivity index (χ1n) is 4.64. The molecule has 0 aliphatic rings. The Balaban J connectivity index is 2.61. The Morgan fingerprint density at radius 2 is 1.93 bits per heavy atom. The third-order valence-electron chi connectivity index (χ3n) is 2.07. The van der Waals surface area contributed by atoms with E-state index in [0.29, 0.717) is 18.6 Å². The van der Waals surface area contributed by atoms with Crippen LogP contribution in [-0.4, -0.2) is 35.7 Å². The summed E-state index contributed by atoms with van der Waals surface area (Å²) >= 11 is 0. The van der Waals surface area contributed by atoms with Crippen molar-refractivity contribution < 1.29 is 10.0 Å². The number of nitrogens with zero attached hydrogens (tertiary/aromatic N) is 2. The van der Waals surface area contributed by atoms with Gasteiger partial charge in [-0.05, 0) is 18.1 Å². The van der Waals surface area contributed by atoms with E-state index in [4.69, 9.17) is 15.3 Å². The normalized spacial score (nSPS) is 10.1. The predicted molar refractivity (Wildman–Crippen MR) is 58.2 cm³/mol. The molecule has 0 unspecified atom stereocenters. The van der Waals surface area contributed by atoms with Crippen LogP contribution in [0.1, 0.15) is 5.56 Å². The molecule has 4 nitrogen and oxygen atoms in total. The van der Waals surface area contributed by atoms with Crippen LogP contribution < -0.4 is 5.46 Å². The molecule has 2 N–H and O–H groups in total. The maximum absolute atomic E-state index is 8.88. The van der Waals surface area contributed by atoms with Crippen LogP contribution >= 0.6 is 0 Å². The summed E-state index contributed by atoms with van der Waals surface area (Å²) in [4.78, 5) is 1.88. The summed E-state index contributed by atoms with van der Waals surface area (Å²) in [5, 5.41) is 26.2. The van der Waals surface area contributed by atoms with Gasteiger partial charge in [-0.1, -0.05) is 24.3 Å². The van der Waals surface area contributed by atoms with Crippen molar-refractivity contribution in [1.29, 1.82) is 5.26 Å². The van der Waals surface area contributed by atoms with E-state index in [0.717, 1.165) is 5.56 Å². The fraction of sp³-hybridized carbons (Fsp3) is 0.300. The summed E-state index contributed by atoms with van der Waals surface area (Å²) in [6.45, 7) is 1.06. The van der Waals surface area contributed by atoms with Crippen LogP contribution in [0.15, 0.2) is 24.3 Å². The molecule has 5 heteroatoms. The standard InChI is InChI=1S/C10H13BN2O2/c1-13(7-6-12)8-9-2-4-10(5-3-9)11(14)15/h2-5,14-15H,7-8H2,1H3. The maximum Gasteiger partial charge on any atom is 0.488 e. The Bertz CT molecular complexity index is 345. The zero-order valence-corrected chi connectivity index (χ0v) is 8.59. The largest absolute Gasteiger partial charge is 0.488 e. The molecule has 15 heavy (non-hydrogen) atoms. The lowest BCUT2D eigenvalue weighted by Gasteiger charge is -2.12. The van der Waals surface area contributed by atoms with Gasteiger partial charge in [0.05, 0.1) is 12.6 Å². The fourth-order valence-corrected chi connectivity index (χ4v) is 1.28. The van der Waals surface area contributed by atoms with Gasteiger partial charge in [-0.25, -0.2) is 0 Å². The number of hydrogen-bond donors (Lipinski definition) is 2. The van der Waals surface area contributed by atoms with Gasteiger partial charge in [-0.15, -0.1) is 0 Å². The molecule has 0 saturated heterocycles. The van der Waals surface area contributed by atoms with Crippen molar-refractivity contribution in [2.24, 2.45) is 0 Å². The summed E-state index contributed by atoms with van der Waals surface area (Å²) in [5.74, 6) is 0. The summed E-state index contributed by atoms with van der Waals surface area (Å²) in [6.07, 6.45) is 0. The minimum atomic E-state index is -1.42. The number of rotatable bonds is 4. The Morgan fingerprint density at radius 3 is 2.40 bits per heavy atom. The minimum Gasteiger partial charge on any atom is -0.423 e. The van der Waals surface area contributed by atoms with Crippen molar-refractivity contribution in [3.8, 4) is 6.07 Å². The van der Waals surface area contributed by atoms with Crippen LogP contribution in [0, 0.1) is 11.3 Å². The fourth-order valence-electron chi connectivity index (χ4n) is 1.28. The second-order valence-corrected chi connectivity index (χ2v) is 3.45. The second-order valence-electron chi connectivity index (χ2n) is 3.45.